The molecule has 86 valence electrons. The van der Waals surface area contributed by atoms with Crippen LogP contribution < -0.4 is 0 Å². The summed E-state index contributed by atoms with van der Waals surface area (Å²) in [6.07, 6.45) is 2.24. The van der Waals surface area contributed by atoms with Gasteiger partial charge in [-0.05, 0) is 11.1 Å². The molecule has 2 aromatic carbocycles. The van der Waals surface area contributed by atoms with Gasteiger partial charge in [0.25, 0.3) is 0 Å². The lowest BCUT2D eigenvalue weighted by molar-refractivity contribution is 0.415. The predicted octanol–water partition coefficient (Wildman–Crippen LogP) is 4.09. The molecule has 0 bridgehead atoms. The summed E-state index contributed by atoms with van der Waals surface area (Å²) >= 11 is 0. The van der Waals surface area contributed by atoms with Crippen LogP contribution in [-0.2, 0) is 4.74 Å². The van der Waals surface area contributed by atoms with E-state index in [1.165, 1.54) is 11.1 Å². The summed E-state index contributed by atoms with van der Waals surface area (Å²) in [5.41, 5.74) is 2.48. The van der Waals surface area contributed by atoms with Gasteiger partial charge in [0.2, 0.25) is 0 Å². The van der Waals surface area contributed by atoms with Crippen LogP contribution >= 0.6 is 0 Å². The van der Waals surface area contributed by atoms with Gasteiger partial charge in [0.1, 0.15) is 6.10 Å². The molecule has 0 saturated carbocycles. The molecule has 2 aromatic rings. The number of rotatable bonds is 2. The van der Waals surface area contributed by atoms with Crippen LogP contribution in [0, 0.1) is 0 Å². The normalized spacial score (nSPS) is 16.6. The second kappa shape index (κ2) is 6.02. The van der Waals surface area contributed by atoms with Gasteiger partial charge in [0.05, 0.1) is 6.61 Å². The summed E-state index contributed by atoms with van der Waals surface area (Å²) in [6, 6.07) is 20.3. The zero-order valence-electron chi connectivity index (χ0n) is 9.75. The summed E-state index contributed by atoms with van der Waals surface area (Å²) in [5, 5.41) is 0. The van der Waals surface area contributed by atoms with E-state index in [2.05, 4.69) is 18.7 Å². The van der Waals surface area contributed by atoms with Crippen molar-refractivity contribution in [1.29, 1.82) is 0 Å². The van der Waals surface area contributed by atoms with Crippen LogP contribution in [-0.4, -0.2) is 6.61 Å². The van der Waals surface area contributed by atoms with Crippen molar-refractivity contribution in [2.45, 2.75) is 6.10 Å². The second-order valence-corrected chi connectivity index (χ2v) is 3.85. The maximum atomic E-state index is 5.09. The fourth-order valence-corrected chi connectivity index (χ4v) is 1.50. The van der Waals surface area contributed by atoms with Gasteiger partial charge in [0.15, 0.2) is 0 Å². The van der Waals surface area contributed by atoms with Gasteiger partial charge in [-0.1, -0.05) is 73.3 Å². The first-order valence-corrected chi connectivity index (χ1v) is 5.74. The smallest absolute Gasteiger partial charge is 0.106 e. The van der Waals surface area contributed by atoms with E-state index < -0.39 is 0 Å². The molecule has 1 heteroatoms. The SMILES string of the molecule is C=Cc1ccccc1.c1ccc(C2CO2)cc1. The zero-order chi connectivity index (χ0) is 11.9. The third kappa shape index (κ3) is 3.89. The Morgan fingerprint density at radius 2 is 1.47 bits per heavy atom. The summed E-state index contributed by atoms with van der Waals surface area (Å²) in [7, 11) is 0. The highest BCUT2D eigenvalue weighted by Crippen LogP contribution is 2.28. The number of hydrogen-bond donors (Lipinski definition) is 0. The fraction of sp³-hybridized carbons (Fsp3) is 0.125. The van der Waals surface area contributed by atoms with Gasteiger partial charge in [-0.3, -0.25) is 0 Å². The van der Waals surface area contributed by atoms with Gasteiger partial charge >= 0.3 is 0 Å². The second-order valence-electron chi connectivity index (χ2n) is 3.85. The van der Waals surface area contributed by atoms with E-state index >= 15 is 0 Å². The van der Waals surface area contributed by atoms with Gasteiger partial charge in [-0.2, -0.15) is 0 Å². The average Bonchev–Trinajstić information content (AvgIpc) is 3.26. The predicted molar refractivity (Wildman–Crippen MR) is 71.7 cm³/mol. The Bertz CT molecular complexity index is 443. The Kier molecular flexibility index (Phi) is 4.11. The van der Waals surface area contributed by atoms with Gasteiger partial charge < -0.3 is 4.74 Å². The molecule has 17 heavy (non-hydrogen) atoms. The van der Waals surface area contributed by atoms with Crippen LogP contribution in [0.3, 0.4) is 0 Å². The quantitative estimate of drug-likeness (QED) is 0.700. The fourth-order valence-electron chi connectivity index (χ4n) is 1.50. The third-order valence-corrected chi connectivity index (χ3v) is 2.54. The van der Waals surface area contributed by atoms with E-state index in [0.29, 0.717) is 6.10 Å². The number of epoxide rings is 1. The van der Waals surface area contributed by atoms with E-state index in [-0.39, 0.29) is 0 Å². The van der Waals surface area contributed by atoms with Crippen LogP contribution in [0.2, 0.25) is 0 Å². The highest BCUT2D eigenvalue weighted by atomic mass is 16.6. The van der Waals surface area contributed by atoms with E-state index in [9.17, 15) is 0 Å². The topological polar surface area (TPSA) is 12.5 Å². The summed E-state index contributed by atoms with van der Waals surface area (Å²) < 4.78 is 5.09. The first-order valence-electron chi connectivity index (χ1n) is 5.74. The van der Waals surface area contributed by atoms with Gasteiger partial charge in [-0.25, -0.2) is 0 Å². The molecule has 1 saturated heterocycles. The van der Waals surface area contributed by atoms with Crippen LogP contribution in [0.5, 0.6) is 0 Å². The monoisotopic (exact) mass is 224 g/mol. The van der Waals surface area contributed by atoms with Crippen molar-refractivity contribution in [2.75, 3.05) is 6.61 Å². The molecular weight excluding hydrogens is 208 g/mol. The maximum absolute atomic E-state index is 5.09. The molecule has 1 aliphatic rings. The number of benzene rings is 2. The highest BCUT2D eigenvalue weighted by molar-refractivity contribution is 5.45. The van der Waals surface area contributed by atoms with E-state index in [1.54, 1.807) is 0 Å². The lowest BCUT2D eigenvalue weighted by Crippen LogP contribution is -1.75. The molecule has 1 heterocycles. The van der Waals surface area contributed by atoms with Crippen LogP contribution in [0.15, 0.2) is 67.2 Å². The first-order chi connectivity index (χ1) is 8.40. The molecule has 1 nitrogen and oxygen atoms in total. The lowest BCUT2D eigenvalue weighted by Gasteiger charge is -1.89. The Morgan fingerprint density at radius 3 is 1.88 bits per heavy atom. The molecule has 0 N–H and O–H groups in total. The minimum atomic E-state index is 0.409. The van der Waals surface area contributed by atoms with Crippen molar-refractivity contribution in [3.8, 4) is 0 Å². The Morgan fingerprint density at radius 1 is 0.941 bits per heavy atom. The molecule has 0 aliphatic carbocycles. The molecule has 1 unspecified atom stereocenters. The summed E-state index contributed by atoms with van der Waals surface area (Å²) in [4.78, 5) is 0. The minimum Gasteiger partial charge on any atom is -0.368 e. The van der Waals surface area contributed by atoms with Crippen molar-refractivity contribution >= 4 is 6.08 Å². The van der Waals surface area contributed by atoms with E-state index in [0.717, 1.165) is 6.61 Å². The summed E-state index contributed by atoms with van der Waals surface area (Å²) in [6.45, 7) is 4.54. The molecule has 1 fully saturated rings. The minimum absolute atomic E-state index is 0.409. The van der Waals surface area contributed by atoms with Crippen LogP contribution in [0.1, 0.15) is 17.2 Å². The largest absolute Gasteiger partial charge is 0.368 e. The Labute approximate surface area is 102 Å². The van der Waals surface area contributed by atoms with Crippen molar-refractivity contribution in [3.05, 3.63) is 78.4 Å². The number of ether oxygens (including phenoxy) is 1. The van der Waals surface area contributed by atoms with Crippen LogP contribution in [0.4, 0.5) is 0 Å². The first kappa shape index (κ1) is 11.6. The van der Waals surface area contributed by atoms with Crippen molar-refractivity contribution < 1.29 is 4.74 Å². The standard InChI is InChI=1S/C8H8O.C8H8/c1-2-4-7(5-3-1)8-6-9-8;1-2-8-6-4-3-5-7-8/h1-5,8H,6H2;2-7H,1H2. The molecule has 0 radical (unpaired) electrons. The van der Waals surface area contributed by atoms with E-state index in [1.807, 2.05) is 54.6 Å². The maximum Gasteiger partial charge on any atom is 0.106 e. The molecule has 1 aliphatic heterocycles. The lowest BCUT2D eigenvalue weighted by atomic mass is 10.2. The highest BCUT2D eigenvalue weighted by Gasteiger charge is 2.23. The summed E-state index contributed by atoms with van der Waals surface area (Å²) in [5.74, 6) is 0. The van der Waals surface area contributed by atoms with Crippen LogP contribution in [0.25, 0.3) is 6.08 Å². The molecule has 1 atom stereocenters. The molecule has 0 spiro atoms. The van der Waals surface area contributed by atoms with Gasteiger partial charge in [0, 0.05) is 0 Å². The molecule has 0 amide bonds. The zero-order valence-corrected chi connectivity index (χ0v) is 9.75. The van der Waals surface area contributed by atoms with E-state index in [4.69, 9.17) is 4.74 Å². The Balaban J connectivity index is 0.000000128. The molecular formula is C16H16O. The molecule has 3 rings (SSSR count). The molecule has 0 aromatic heterocycles. The van der Waals surface area contributed by atoms with Crippen molar-refractivity contribution in [1.82, 2.24) is 0 Å². The van der Waals surface area contributed by atoms with Gasteiger partial charge in [-0.15, -0.1) is 0 Å². The van der Waals surface area contributed by atoms with Crippen molar-refractivity contribution in [3.63, 3.8) is 0 Å². The Hall–Kier alpha value is -1.86. The third-order valence-electron chi connectivity index (χ3n) is 2.54. The number of hydrogen-bond acceptors (Lipinski definition) is 1. The average molecular weight is 224 g/mol. The van der Waals surface area contributed by atoms with Crippen molar-refractivity contribution in [2.24, 2.45) is 0 Å².